The van der Waals surface area contributed by atoms with Gasteiger partial charge in [-0.25, -0.2) is 0 Å². The molecule has 0 unspecified atom stereocenters. The Bertz CT molecular complexity index is 676. The van der Waals surface area contributed by atoms with E-state index < -0.39 is 0 Å². The lowest BCUT2D eigenvalue weighted by Crippen LogP contribution is -2.73. The van der Waals surface area contributed by atoms with Crippen molar-refractivity contribution in [1.82, 2.24) is 0 Å². The van der Waals surface area contributed by atoms with E-state index in [0.717, 1.165) is 59.2 Å². The topological polar surface area (TPSA) is 36.9 Å². The molecule has 8 aliphatic carbocycles. The van der Waals surface area contributed by atoms with Crippen LogP contribution in [0.1, 0.15) is 25.7 Å². The molecule has 8 saturated carbocycles. The Kier molecular flexibility index (Phi) is 1.98. The highest BCUT2D eigenvalue weighted by molar-refractivity contribution is 5.45. The Morgan fingerprint density at radius 3 is 1.50 bits per heavy atom. The molecule has 2 aliphatic heterocycles. The third kappa shape index (κ3) is 0.881. The van der Waals surface area contributed by atoms with Gasteiger partial charge in [0.1, 0.15) is 0 Å². The van der Waals surface area contributed by atoms with Crippen molar-refractivity contribution in [3.8, 4) is 0 Å². The Balaban J connectivity index is 1.40. The summed E-state index contributed by atoms with van der Waals surface area (Å²) in [5.74, 6) is 8.64. The summed E-state index contributed by atoms with van der Waals surface area (Å²) in [6.45, 7) is 0. The first-order valence-corrected chi connectivity index (χ1v) is 11.2. The van der Waals surface area contributed by atoms with Crippen LogP contribution in [0.3, 0.4) is 0 Å². The summed E-state index contributed by atoms with van der Waals surface area (Å²) < 4.78 is 26.1. The first-order chi connectivity index (χ1) is 12.8. The van der Waals surface area contributed by atoms with Gasteiger partial charge in [-0.05, 0) is 84.9 Å². The third-order valence-corrected chi connectivity index (χ3v) is 12.0. The van der Waals surface area contributed by atoms with E-state index in [1.54, 1.807) is 0 Å². The molecule has 0 aromatic rings. The summed E-state index contributed by atoms with van der Waals surface area (Å²) in [7, 11) is 3.82. The number of rotatable bonds is 2. The second-order valence-electron chi connectivity index (χ2n) is 11.2. The lowest BCUT2D eigenvalue weighted by atomic mass is 9.41. The summed E-state index contributed by atoms with van der Waals surface area (Å²) in [6, 6.07) is 0. The van der Waals surface area contributed by atoms with Crippen molar-refractivity contribution < 1.29 is 18.9 Å². The van der Waals surface area contributed by atoms with Gasteiger partial charge in [-0.15, -0.1) is 0 Å². The molecule has 10 rings (SSSR count). The Hall–Kier alpha value is -0.160. The average Bonchev–Trinajstić information content (AvgIpc) is 3.44. The van der Waals surface area contributed by atoms with Crippen molar-refractivity contribution in [3.05, 3.63) is 0 Å². The molecule has 0 aromatic heterocycles. The van der Waals surface area contributed by atoms with Crippen molar-refractivity contribution in [3.63, 3.8) is 0 Å². The molecule has 26 heavy (non-hydrogen) atoms. The quantitative estimate of drug-likeness (QED) is 0.762. The van der Waals surface area contributed by atoms with Crippen LogP contribution in [0.2, 0.25) is 0 Å². The lowest BCUT2D eigenvalue weighted by Gasteiger charge is -2.68. The minimum Gasteiger partial charge on any atom is -0.355 e. The fourth-order valence-corrected chi connectivity index (χ4v) is 13.0. The van der Waals surface area contributed by atoms with Crippen molar-refractivity contribution in [2.24, 2.45) is 70.0 Å². The smallest absolute Gasteiger partial charge is 0.164 e. The highest BCUT2D eigenvalue weighted by atomic mass is 16.7. The van der Waals surface area contributed by atoms with Crippen molar-refractivity contribution >= 4 is 0 Å². The average molecular weight is 356 g/mol. The summed E-state index contributed by atoms with van der Waals surface area (Å²) in [4.78, 5) is 0. The highest BCUT2D eigenvalue weighted by Gasteiger charge is 3.02. The maximum absolute atomic E-state index is 6.81. The molecule has 0 N–H and O–H groups in total. The van der Waals surface area contributed by atoms with Gasteiger partial charge in [0.2, 0.25) is 0 Å². The lowest BCUT2D eigenvalue weighted by molar-refractivity contribution is -0.399. The van der Waals surface area contributed by atoms with Crippen molar-refractivity contribution in [2.75, 3.05) is 14.2 Å². The van der Waals surface area contributed by atoms with E-state index in [0.29, 0.717) is 12.2 Å². The standard InChI is InChI=1S/C22H28O4/c1-23-19-21-15-7-4-6-10-12(7)18-13(15)14-16(22(18,21)20(24-2)26-10)8-3-5-9(25-19)11(8)17(14)21/h7-20H,3-6H2,1-2H3/t7-,8+,9+,10-,11-,12-,13-,14+,15-,16+,17+,18-,19+,20-,21-,22-/m1/s1. The van der Waals surface area contributed by atoms with Crippen LogP contribution < -0.4 is 0 Å². The monoisotopic (exact) mass is 356 g/mol. The van der Waals surface area contributed by atoms with Crippen LogP contribution in [-0.4, -0.2) is 39.0 Å². The zero-order valence-electron chi connectivity index (χ0n) is 15.5. The fraction of sp³-hybridized carbons (Fsp3) is 1.00. The summed E-state index contributed by atoms with van der Waals surface area (Å²) >= 11 is 0. The van der Waals surface area contributed by atoms with E-state index in [-0.39, 0.29) is 23.4 Å². The molecule has 10 fully saturated rings. The van der Waals surface area contributed by atoms with Crippen LogP contribution in [0.4, 0.5) is 0 Å². The molecule has 2 saturated heterocycles. The normalized spacial score (nSPS) is 79.6. The van der Waals surface area contributed by atoms with Gasteiger partial charge in [0.15, 0.2) is 12.6 Å². The minimum atomic E-state index is -0.0142. The summed E-state index contributed by atoms with van der Waals surface area (Å²) in [5.41, 5.74) is 0.400. The van der Waals surface area contributed by atoms with Gasteiger partial charge in [0.25, 0.3) is 0 Å². The molecule has 140 valence electrons. The van der Waals surface area contributed by atoms with Gasteiger partial charge in [-0.1, -0.05) is 0 Å². The Morgan fingerprint density at radius 2 is 1.08 bits per heavy atom. The zero-order valence-corrected chi connectivity index (χ0v) is 15.5. The number of hydrogen-bond acceptors (Lipinski definition) is 4. The van der Waals surface area contributed by atoms with E-state index in [2.05, 4.69) is 0 Å². The zero-order chi connectivity index (χ0) is 16.7. The molecule has 4 heteroatoms. The first kappa shape index (κ1) is 13.9. The van der Waals surface area contributed by atoms with Gasteiger partial charge in [0.05, 0.1) is 12.2 Å². The molecule has 8 bridgehead atoms. The molecule has 16 atom stereocenters. The fourth-order valence-electron chi connectivity index (χ4n) is 13.0. The Labute approximate surface area is 154 Å². The third-order valence-electron chi connectivity index (χ3n) is 12.0. The van der Waals surface area contributed by atoms with Crippen LogP contribution in [0.15, 0.2) is 0 Å². The van der Waals surface area contributed by atoms with Crippen LogP contribution in [-0.2, 0) is 18.9 Å². The van der Waals surface area contributed by atoms with Gasteiger partial charge < -0.3 is 18.9 Å². The summed E-state index contributed by atoms with van der Waals surface area (Å²) in [5, 5.41) is 0. The maximum Gasteiger partial charge on any atom is 0.164 e. The van der Waals surface area contributed by atoms with Crippen LogP contribution in [0, 0.1) is 70.0 Å². The van der Waals surface area contributed by atoms with Crippen molar-refractivity contribution in [2.45, 2.75) is 50.5 Å². The van der Waals surface area contributed by atoms with Gasteiger partial charge in [-0.3, -0.25) is 0 Å². The molecule has 0 radical (unpaired) electrons. The summed E-state index contributed by atoms with van der Waals surface area (Å²) in [6.07, 6.45) is 6.18. The molecule has 10 aliphatic rings. The number of hydrogen-bond donors (Lipinski definition) is 0. The predicted octanol–water partition coefficient (Wildman–Crippen LogP) is 2.52. The number of ether oxygens (including phenoxy) is 4. The van der Waals surface area contributed by atoms with Crippen LogP contribution >= 0.6 is 0 Å². The first-order valence-electron chi connectivity index (χ1n) is 11.2. The SMILES string of the molecule is CO[C@H]1O[C@H]2CC[C@H]3[C@H]2[C@H]2[C@H]4[C@H]5[C@H]6[C@@H]7[C@H]8CC[C@H]7O[C@@H](OC)[C@]6([C@@H]34)[C@@]12[C@H]85. The highest BCUT2D eigenvalue weighted by Crippen LogP contribution is 3.00. The van der Waals surface area contributed by atoms with Gasteiger partial charge in [-0.2, -0.15) is 0 Å². The van der Waals surface area contributed by atoms with E-state index in [9.17, 15) is 0 Å². The maximum atomic E-state index is 6.81. The van der Waals surface area contributed by atoms with Crippen molar-refractivity contribution in [1.29, 1.82) is 0 Å². The minimum absolute atomic E-state index is 0.0142. The van der Waals surface area contributed by atoms with E-state index in [1.165, 1.54) is 25.7 Å². The largest absolute Gasteiger partial charge is 0.355 e. The number of methoxy groups -OCH3 is 2. The van der Waals surface area contributed by atoms with E-state index in [4.69, 9.17) is 18.9 Å². The molecule has 0 amide bonds. The molecular formula is C22H28O4. The second-order valence-corrected chi connectivity index (χ2v) is 11.2. The molecule has 2 heterocycles. The van der Waals surface area contributed by atoms with Crippen LogP contribution in [0.5, 0.6) is 0 Å². The Morgan fingerprint density at radius 1 is 0.615 bits per heavy atom. The predicted molar refractivity (Wildman–Crippen MR) is 89.6 cm³/mol. The van der Waals surface area contributed by atoms with E-state index >= 15 is 0 Å². The van der Waals surface area contributed by atoms with Gasteiger partial charge >= 0.3 is 0 Å². The van der Waals surface area contributed by atoms with Crippen LogP contribution in [0.25, 0.3) is 0 Å². The molecule has 4 nitrogen and oxygen atoms in total. The second kappa shape index (κ2) is 3.69. The molecule has 0 aromatic carbocycles. The molecule has 2 spiro atoms. The van der Waals surface area contributed by atoms with E-state index in [1.807, 2.05) is 14.2 Å². The van der Waals surface area contributed by atoms with Gasteiger partial charge in [0, 0.05) is 25.0 Å². The molecular weight excluding hydrogens is 328 g/mol.